The van der Waals surface area contributed by atoms with Crippen LogP contribution in [0.2, 0.25) is 5.02 Å². The number of ketones is 1. The number of aliphatic hydroxyl groups excluding tert-OH is 1. The Labute approximate surface area is 185 Å². The van der Waals surface area contributed by atoms with Gasteiger partial charge in [0.25, 0.3) is 5.78 Å². The second-order valence-corrected chi connectivity index (χ2v) is 8.12. The van der Waals surface area contributed by atoms with Gasteiger partial charge >= 0.3 is 5.91 Å². The van der Waals surface area contributed by atoms with E-state index in [0.29, 0.717) is 27.9 Å². The molecule has 31 heavy (non-hydrogen) atoms. The van der Waals surface area contributed by atoms with E-state index in [1.807, 2.05) is 24.3 Å². The molecule has 0 saturated carbocycles. The van der Waals surface area contributed by atoms with Crippen molar-refractivity contribution in [1.29, 1.82) is 0 Å². The molecule has 6 heteroatoms. The Kier molecular flexibility index (Phi) is 5.61. The van der Waals surface area contributed by atoms with Crippen LogP contribution in [0.1, 0.15) is 42.5 Å². The third-order valence-corrected chi connectivity index (χ3v) is 5.63. The van der Waals surface area contributed by atoms with Gasteiger partial charge in [0.2, 0.25) is 0 Å². The molecule has 0 bridgehead atoms. The zero-order valence-electron chi connectivity index (χ0n) is 17.1. The minimum atomic E-state index is -0.799. The van der Waals surface area contributed by atoms with Crippen LogP contribution in [0.25, 0.3) is 5.76 Å². The van der Waals surface area contributed by atoms with Crippen LogP contribution in [0, 0.1) is 0 Å². The number of aliphatic hydroxyl groups is 1. The van der Waals surface area contributed by atoms with E-state index in [9.17, 15) is 14.7 Å². The summed E-state index contributed by atoms with van der Waals surface area (Å²) in [7, 11) is 0. The normalized spacial score (nSPS) is 18.1. The first-order chi connectivity index (χ1) is 14.9. The monoisotopic (exact) mass is 432 g/mol. The molecular weight excluding hydrogens is 412 g/mol. The van der Waals surface area contributed by atoms with Crippen LogP contribution in [-0.4, -0.2) is 21.8 Å². The Morgan fingerprint density at radius 2 is 1.68 bits per heavy atom. The largest absolute Gasteiger partial charge is 0.507 e. The van der Waals surface area contributed by atoms with Crippen molar-refractivity contribution in [3.05, 3.63) is 100 Å². The summed E-state index contributed by atoms with van der Waals surface area (Å²) in [4.78, 5) is 31.7. The summed E-state index contributed by atoms with van der Waals surface area (Å²) in [6.07, 6.45) is 1.56. The number of hydrogen-bond donors (Lipinski definition) is 1. The second-order valence-electron chi connectivity index (χ2n) is 7.69. The van der Waals surface area contributed by atoms with Crippen molar-refractivity contribution in [2.24, 2.45) is 0 Å². The van der Waals surface area contributed by atoms with Gasteiger partial charge in [-0.3, -0.25) is 14.5 Å². The number of rotatable bonds is 4. The molecular formula is C25H21ClN2O3. The number of benzene rings is 2. The molecule has 0 spiro atoms. The molecule has 1 atom stereocenters. The van der Waals surface area contributed by atoms with Gasteiger partial charge in [-0.2, -0.15) is 0 Å². The van der Waals surface area contributed by atoms with Gasteiger partial charge in [-0.15, -0.1) is 0 Å². The first-order valence-electron chi connectivity index (χ1n) is 9.96. The van der Waals surface area contributed by atoms with Gasteiger partial charge in [0.1, 0.15) is 11.6 Å². The van der Waals surface area contributed by atoms with Crippen molar-refractivity contribution in [1.82, 2.24) is 4.98 Å². The van der Waals surface area contributed by atoms with E-state index in [4.69, 9.17) is 11.6 Å². The number of pyridine rings is 1. The average Bonchev–Trinajstić information content (AvgIpc) is 3.05. The minimum absolute atomic E-state index is 0.0234. The fourth-order valence-electron chi connectivity index (χ4n) is 3.71. The van der Waals surface area contributed by atoms with E-state index >= 15 is 0 Å². The van der Waals surface area contributed by atoms with E-state index in [1.54, 1.807) is 48.7 Å². The minimum Gasteiger partial charge on any atom is -0.507 e. The zero-order valence-corrected chi connectivity index (χ0v) is 17.9. The summed E-state index contributed by atoms with van der Waals surface area (Å²) in [6.45, 7) is 4.19. The summed E-state index contributed by atoms with van der Waals surface area (Å²) < 4.78 is 0. The summed E-state index contributed by atoms with van der Waals surface area (Å²) in [5.74, 6) is -1.04. The molecule has 5 nitrogen and oxygen atoms in total. The molecule has 0 aliphatic carbocycles. The van der Waals surface area contributed by atoms with Crippen LogP contribution < -0.4 is 4.90 Å². The number of Topliss-reactive ketones (excluding diaryl/α,β-unsaturated/α-hetero) is 1. The van der Waals surface area contributed by atoms with Crippen molar-refractivity contribution < 1.29 is 14.7 Å². The number of halogens is 1. The van der Waals surface area contributed by atoms with Crippen LogP contribution in [0.5, 0.6) is 0 Å². The Hall–Kier alpha value is -3.44. The Balaban J connectivity index is 1.91. The van der Waals surface area contributed by atoms with Crippen LogP contribution in [0.3, 0.4) is 0 Å². The molecule has 1 N–H and O–H groups in total. The number of hydrogen-bond acceptors (Lipinski definition) is 4. The molecule has 2 aromatic carbocycles. The average molecular weight is 433 g/mol. The molecule has 3 aromatic rings. The fourth-order valence-corrected chi connectivity index (χ4v) is 3.83. The van der Waals surface area contributed by atoms with Crippen LogP contribution in [0.4, 0.5) is 5.82 Å². The number of carbonyl (C=O) groups is 2. The third kappa shape index (κ3) is 3.84. The van der Waals surface area contributed by atoms with Gasteiger partial charge in [-0.25, -0.2) is 4.98 Å². The maximum Gasteiger partial charge on any atom is 0.301 e. The van der Waals surface area contributed by atoms with Crippen molar-refractivity contribution in [2.45, 2.75) is 25.8 Å². The van der Waals surface area contributed by atoms with Crippen molar-refractivity contribution >= 4 is 34.9 Å². The number of aromatic nitrogens is 1. The van der Waals surface area contributed by atoms with Gasteiger partial charge in [0, 0.05) is 16.8 Å². The highest BCUT2D eigenvalue weighted by Crippen LogP contribution is 2.41. The van der Waals surface area contributed by atoms with Gasteiger partial charge in [0.05, 0.1) is 11.6 Å². The fraction of sp³-hybridized carbons (Fsp3) is 0.160. The van der Waals surface area contributed by atoms with E-state index in [-0.39, 0.29) is 11.3 Å². The lowest BCUT2D eigenvalue weighted by molar-refractivity contribution is -0.132. The predicted octanol–water partition coefficient (Wildman–Crippen LogP) is 5.48. The highest BCUT2D eigenvalue weighted by molar-refractivity contribution is 6.51. The molecule has 4 rings (SSSR count). The first-order valence-corrected chi connectivity index (χ1v) is 10.3. The highest BCUT2D eigenvalue weighted by atomic mass is 35.5. The summed E-state index contributed by atoms with van der Waals surface area (Å²) in [6, 6.07) is 18.6. The number of anilines is 1. The first kappa shape index (κ1) is 20.8. The SMILES string of the molecule is CC(C)c1ccc([C@H]2C(=C(O)c3ccc(Cl)cc3)C(=O)C(=O)N2c2ccccn2)cc1. The predicted molar refractivity (Wildman–Crippen MR) is 121 cm³/mol. The van der Waals surface area contributed by atoms with Crippen molar-refractivity contribution in [2.75, 3.05) is 4.90 Å². The zero-order chi connectivity index (χ0) is 22.1. The van der Waals surface area contributed by atoms with E-state index < -0.39 is 17.7 Å². The number of nitrogens with zero attached hydrogens (tertiary/aromatic N) is 2. The van der Waals surface area contributed by atoms with Gasteiger partial charge < -0.3 is 5.11 Å². The quantitative estimate of drug-likeness (QED) is 0.336. The molecule has 1 aliphatic rings. The maximum atomic E-state index is 13.1. The van der Waals surface area contributed by atoms with Gasteiger partial charge in [-0.1, -0.05) is 55.8 Å². The number of amides is 1. The molecule has 0 radical (unpaired) electrons. The van der Waals surface area contributed by atoms with Gasteiger partial charge in [-0.05, 0) is 53.4 Å². The summed E-state index contributed by atoms with van der Waals surface area (Å²) >= 11 is 5.96. The second kappa shape index (κ2) is 8.36. The van der Waals surface area contributed by atoms with E-state index in [2.05, 4.69) is 18.8 Å². The topological polar surface area (TPSA) is 70.5 Å². The Bertz CT molecular complexity index is 1150. The molecule has 1 amide bonds. The highest BCUT2D eigenvalue weighted by Gasteiger charge is 2.47. The Morgan fingerprint density at radius 3 is 2.26 bits per heavy atom. The molecule has 0 unspecified atom stereocenters. The lowest BCUT2D eigenvalue weighted by atomic mass is 9.93. The molecule has 156 valence electrons. The van der Waals surface area contributed by atoms with E-state index in [0.717, 1.165) is 5.56 Å². The molecule has 1 fully saturated rings. The molecule has 1 aromatic heterocycles. The Morgan fingerprint density at radius 1 is 1.00 bits per heavy atom. The van der Waals surface area contributed by atoms with Crippen molar-refractivity contribution in [3.8, 4) is 0 Å². The van der Waals surface area contributed by atoms with Crippen LogP contribution in [0.15, 0.2) is 78.5 Å². The van der Waals surface area contributed by atoms with Gasteiger partial charge in [0.15, 0.2) is 0 Å². The number of carbonyl (C=O) groups excluding carboxylic acids is 2. The lowest BCUT2D eigenvalue weighted by Gasteiger charge is -2.24. The van der Waals surface area contributed by atoms with E-state index in [1.165, 1.54) is 4.90 Å². The molecule has 2 heterocycles. The summed E-state index contributed by atoms with van der Waals surface area (Å²) in [5.41, 5.74) is 2.28. The van der Waals surface area contributed by atoms with Crippen molar-refractivity contribution in [3.63, 3.8) is 0 Å². The standard InChI is InChI=1S/C25H21ClN2O3/c1-15(2)16-6-8-17(9-7-16)22-21(23(29)18-10-12-19(26)13-11-18)24(30)25(31)28(22)20-5-3-4-14-27-20/h3-15,22,29H,1-2H3/t22-/m0/s1. The third-order valence-electron chi connectivity index (χ3n) is 5.38. The molecule has 1 aliphatic heterocycles. The molecule has 1 saturated heterocycles. The van der Waals surface area contributed by atoms with Crippen LogP contribution >= 0.6 is 11.6 Å². The summed E-state index contributed by atoms with van der Waals surface area (Å²) in [5, 5.41) is 11.6. The lowest BCUT2D eigenvalue weighted by Crippen LogP contribution is -2.30. The maximum absolute atomic E-state index is 13.1. The smallest absolute Gasteiger partial charge is 0.301 e. The van der Waals surface area contributed by atoms with Crippen LogP contribution in [-0.2, 0) is 9.59 Å².